The molecule has 1 unspecified atom stereocenters. The van der Waals surface area contributed by atoms with Gasteiger partial charge in [-0.1, -0.05) is 59.3 Å². The second-order valence-corrected chi connectivity index (χ2v) is 11.1. The number of anilines is 2. The van der Waals surface area contributed by atoms with E-state index < -0.39 is 5.44 Å². The summed E-state index contributed by atoms with van der Waals surface area (Å²) in [5.74, 6) is 0. The van der Waals surface area contributed by atoms with Gasteiger partial charge in [-0.15, -0.1) is 5.10 Å². The molecule has 0 aliphatic heterocycles. The van der Waals surface area contributed by atoms with Crippen LogP contribution in [0.2, 0.25) is 5.02 Å². The van der Waals surface area contributed by atoms with Crippen molar-refractivity contribution in [2.24, 2.45) is 0 Å². The molecule has 2 N–H and O–H groups in total. The molecule has 2 aromatic heterocycles. The fourth-order valence-corrected chi connectivity index (χ4v) is 5.54. The van der Waals surface area contributed by atoms with E-state index in [1.807, 2.05) is 73.3 Å². The summed E-state index contributed by atoms with van der Waals surface area (Å²) >= 11 is 6.83. The SMILES string of the molecule is BC(Nc1cc(Cl)c2ncc(C#N)c(N[C@H](CC#N)c3ccccc3)c2c1)(c1cccc(C#N)c1)c1cn(C2CC2)nn1. The number of pyridine rings is 1. The fourth-order valence-electron chi connectivity index (χ4n) is 5.27. The number of nitriles is 3. The van der Waals surface area contributed by atoms with Gasteiger partial charge in [-0.3, -0.25) is 4.98 Å². The van der Waals surface area contributed by atoms with E-state index in [0.717, 1.165) is 24.0 Å². The first-order valence-electron chi connectivity index (χ1n) is 13.9. The average molecular weight is 582 g/mol. The summed E-state index contributed by atoms with van der Waals surface area (Å²) in [6, 6.07) is 27.4. The molecule has 0 radical (unpaired) electrons. The van der Waals surface area contributed by atoms with Crippen molar-refractivity contribution in [3.63, 3.8) is 0 Å². The zero-order valence-electron chi connectivity index (χ0n) is 23.3. The summed E-state index contributed by atoms with van der Waals surface area (Å²) in [5.41, 5.74) is 4.10. The lowest BCUT2D eigenvalue weighted by Gasteiger charge is -2.31. The Labute approximate surface area is 254 Å². The number of nitrogens with one attached hydrogen (secondary N) is 2. The number of nitrogens with zero attached hydrogens (tertiary/aromatic N) is 7. The third kappa shape index (κ3) is 5.47. The van der Waals surface area contributed by atoms with Gasteiger partial charge in [-0.2, -0.15) is 15.8 Å². The molecule has 3 aromatic carbocycles. The molecule has 2 heterocycles. The summed E-state index contributed by atoms with van der Waals surface area (Å²) in [7, 11) is 1.99. The number of rotatable bonds is 9. The standard InChI is InChI=1S/C32H25BClN9/c33-32(23-8-4-5-20(13-23)16-36,29-19-43(42-41-29)25-9-10-25)40-24-14-26-30(22(17-37)18-38-31(26)27(34)15-24)39-28(11-12-35)21-6-2-1-3-7-21/h1-8,13-15,18-19,25,28,40H,9-11,33H2,(H,38,39)/t28-,32?/m1/s1. The van der Waals surface area contributed by atoms with Crippen LogP contribution in [-0.4, -0.2) is 27.8 Å². The second-order valence-electron chi connectivity index (χ2n) is 10.7. The zero-order valence-corrected chi connectivity index (χ0v) is 24.0. The third-order valence-corrected chi connectivity index (χ3v) is 8.06. The molecule has 208 valence electrons. The second kappa shape index (κ2) is 11.5. The lowest BCUT2D eigenvalue weighted by Crippen LogP contribution is -2.38. The van der Waals surface area contributed by atoms with Crippen LogP contribution in [0.3, 0.4) is 0 Å². The minimum atomic E-state index is -0.891. The molecule has 1 saturated carbocycles. The van der Waals surface area contributed by atoms with Gasteiger partial charge in [-0.25, -0.2) is 4.68 Å². The van der Waals surface area contributed by atoms with Crippen LogP contribution >= 0.6 is 11.6 Å². The average Bonchev–Trinajstić information content (AvgIpc) is 3.76. The number of benzene rings is 3. The molecule has 43 heavy (non-hydrogen) atoms. The Morgan fingerprint density at radius 3 is 2.58 bits per heavy atom. The predicted octanol–water partition coefficient (Wildman–Crippen LogP) is 5.57. The van der Waals surface area contributed by atoms with Gasteiger partial charge in [-0.05, 0) is 48.2 Å². The molecule has 0 amide bonds. The van der Waals surface area contributed by atoms with E-state index in [9.17, 15) is 15.8 Å². The van der Waals surface area contributed by atoms with E-state index in [-0.39, 0.29) is 12.5 Å². The Morgan fingerprint density at radius 1 is 1.05 bits per heavy atom. The molecular formula is C32H25BClN9. The number of aromatic nitrogens is 4. The lowest BCUT2D eigenvalue weighted by atomic mass is 9.69. The van der Waals surface area contributed by atoms with E-state index in [1.54, 1.807) is 12.1 Å². The molecule has 9 nitrogen and oxygen atoms in total. The normalized spacial score (nSPS) is 14.6. The highest BCUT2D eigenvalue weighted by molar-refractivity contribution is 6.36. The van der Waals surface area contributed by atoms with Crippen molar-refractivity contribution in [2.75, 3.05) is 10.6 Å². The molecular weight excluding hydrogens is 557 g/mol. The van der Waals surface area contributed by atoms with E-state index in [0.29, 0.717) is 50.2 Å². The first-order valence-corrected chi connectivity index (χ1v) is 14.2. The number of halogens is 1. The van der Waals surface area contributed by atoms with Gasteiger partial charge in [0.2, 0.25) is 0 Å². The number of hydrogen-bond donors (Lipinski definition) is 2. The van der Waals surface area contributed by atoms with Crippen molar-refractivity contribution >= 4 is 41.7 Å². The van der Waals surface area contributed by atoms with Crippen LogP contribution in [0.1, 0.15) is 59.3 Å². The summed E-state index contributed by atoms with van der Waals surface area (Å²) < 4.78 is 1.89. The van der Waals surface area contributed by atoms with Crippen LogP contribution in [0.15, 0.2) is 79.1 Å². The molecule has 6 rings (SSSR count). The number of hydrogen-bond acceptors (Lipinski definition) is 8. The number of fused-ring (bicyclic) bond motifs is 1. The van der Waals surface area contributed by atoms with Crippen molar-refractivity contribution in [2.45, 2.75) is 36.8 Å². The molecule has 0 saturated heterocycles. The first kappa shape index (κ1) is 27.8. The van der Waals surface area contributed by atoms with E-state index >= 15 is 0 Å². The summed E-state index contributed by atoms with van der Waals surface area (Å²) in [5, 5.41) is 46.2. The monoisotopic (exact) mass is 581 g/mol. The van der Waals surface area contributed by atoms with Gasteiger partial charge in [0.1, 0.15) is 19.6 Å². The smallest absolute Gasteiger partial charge is 0.148 e. The molecule has 0 spiro atoms. The van der Waals surface area contributed by atoms with E-state index in [2.05, 4.69) is 44.1 Å². The molecule has 1 aliphatic carbocycles. The van der Waals surface area contributed by atoms with Crippen LogP contribution in [0.4, 0.5) is 11.4 Å². The summed E-state index contributed by atoms with van der Waals surface area (Å²) in [6.07, 6.45) is 5.76. The van der Waals surface area contributed by atoms with Crippen molar-refractivity contribution in [1.29, 1.82) is 15.8 Å². The molecule has 5 aromatic rings. The maximum Gasteiger partial charge on any atom is 0.148 e. The van der Waals surface area contributed by atoms with Gasteiger partial charge in [0.05, 0.1) is 69.6 Å². The van der Waals surface area contributed by atoms with Gasteiger partial charge in [0.15, 0.2) is 0 Å². The maximum absolute atomic E-state index is 10.0. The topological polar surface area (TPSA) is 139 Å². The molecule has 1 aliphatic rings. The highest BCUT2D eigenvalue weighted by Gasteiger charge is 2.35. The van der Waals surface area contributed by atoms with Crippen molar-refractivity contribution in [1.82, 2.24) is 20.0 Å². The Hall–Kier alpha value is -5.37. The highest BCUT2D eigenvalue weighted by Crippen LogP contribution is 2.39. The zero-order chi connectivity index (χ0) is 30.0. The van der Waals surface area contributed by atoms with E-state index in [1.165, 1.54) is 6.20 Å². The first-order chi connectivity index (χ1) is 20.9. The minimum absolute atomic E-state index is 0.189. The van der Waals surface area contributed by atoms with Crippen LogP contribution in [0.5, 0.6) is 0 Å². The fraction of sp³-hybridized carbons (Fsp3) is 0.188. The van der Waals surface area contributed by atoms with Crippen LogP contribution < -0.4 is 10.6 Å². The van der Waals surface area contributed by atoms with Gasteiger partial charge < -0.3 is 10.6 Å². The summed E-state index contributed by atoms with van der Waals surface area (Å²) in [4.78, 5) is 4.50. The van der Waals surface area contributed by atoms with Gasteiger partial charge >= 0.3 is 0 Å². The Bertz CT molecular complexity index is 1950. The van der Waals surface area contributed by atoms with Gasteiger partial charge in [0, 0.05) is 17.3 Å². The van der Waals surface area contributed by atoms with Crippen molar-refractivity contribution in [3.05, 3.63) is 112 Å². The lowest BCUT2D eigenvalue weighted by molar-refractivity contribution is 0.610. The van der Waals surface area contributed by atoms with Crippen molar-refractivity contribution in [3.8, 4) is 18.2 Å². The van der Waals surface area contributed by atoms with Crippen LogP contribution in [0.25, 0.3) is 10.9 Å². The Balaban J connectivity index is 1.48. The quantitative estimate of drug-likeness (QED) is 0.215. The molecule has 2 atom stereocenters. The minimum Gasteiger partial charge on any atom is -0.378 e. The summed E-state index contributed by atoms with van der Waals surface area (Å²) in [6.45, 7) is 0. The molecule has 0 bridgehead atoms. The predicted molar refractivity (Wildman–Crippen MR) is 167 cm³/mol. The molecule has 1 fully saturated rings. The van der Waals surface area contributed by atoms with Crippen LogP contribution in [-0.2, 0) is 5.44 Å². The van der Waals surface area contributed by atoms with Crippen molar-refractivity contribution < 1.29 is 0 Å². The highest BCUT2D eigenvalue weighted by atomic mass is 35.5. The van der Waals surface area contributed by atoms with Crippen LogP contribution in [0, 0.1) is 34.0 Å². The van der Waals surface area contributed by atoms with E-state index in [4.69, 9.17) is 11.6 Å². The Morgan fingerprint density at radius 2 is 1.86 bits per heavy atom. The third-order valence-electron chi connectivity index (χ3n) is 7.77. The van der Waals surface area contributed by atoms with Gasteiger partial charge in [0.25, 0.3) is 0 Å². The maximum atomic E-state index is 10.0. The Kier molecular flexibility index (Phi) is 7.42. The molecule has 11 heteroatoms. The largest absolute Gasteiger partial charge is 0.378 e.